The van der Waals surface area contributed by atoms with Gasteiger partial charge in [-0.05, 0) is 32.6 Å². The molecule has 0 heterocycles. The molecule has 0 amide bonds. The lowest BCUT2D eigenvalue weighted by molar-refractivity contribution is -0.158. The molecule has 0 saturated heterocycles. The van der Waals surface area contributed by atoms with Crippen LogP contribution >= 0.6 is 0 Å². The molecule has 0 atom stereocenters. The van der Waals surface area contributed by atoms with E-state index in [4.69, 9.17) is 9.29 Å². The van der Waals surface area contributed by atoms with Crippen LogP contribution in [0.4, 0.5) is 8.78 Å². The normalized spacial score (nSPS) is 17.6. The van der Waals surface area contributed by atoms with Crippen LogP contribution in [0.5, 0.6) is 0 Å². The zero-order valence-corrected chi connectivity index (χ0v) is 13.3. The summed E-state index contributed by atoms with van der Waals surface area (Å²) in [5, 5.41) is -4.64. The third kappa shape index (κ3) is 5.54. The summed E-state index contributed by atoms with van der Waals surface area (Å²) in [6, 6.07) is 0. The molecular weight excluding hydrogens is 338 g/mol. The predicted molar refractivity (Wildman–Crippen MR) is 74.2 cm³/mol. The highest BCUT2D eigenvalue weighted by Gasteiger charge is 2.45. The molecule has 1 rings (SSSR count). The summed E-state index contributed by atoms with van der Waals surface area (Å²) < 4.78 is 64.1. The SMILES string of the molecule is C=C(CC(=O)OC1(C)CCCC1)C(=O)OCC(F)(F)S(=O)(=O)O. The van der Waals surface area contributed by atoms with Gasteiger partial charge in [-0.25, -0.2) is 4.79 Å². The van der Waals surface area contributed by atoms with Gasteiger partial charge in [-0.1, -0.05) is 6.58 Å². The van der Waals surface area contributed by atoms with Crippen LogP contribution in [-0.2, 0) is 29.2 Å². The molecule has 1 aliphatic carbocycles. The molecule has 132 valence electrons. The molecule has 0 spiro atoms. The van der Waals surface area contributed by atoms with E-state index in [9.17, 15) is 26.8 Å². The molecule has 1 aliphatic rings. The van der Waals surface area contributed by atoms with Crippen molar-refractivity contribution in [3.05, 3.63) is 12.2 Å². The first-order valence-corrected chi connectivity index (χ1v) is 8.22. The average molecular weight is 356 g/mol. The minimum absolute atomic E-state index is 0.456. The van der Waals surface area contributed by atoms with Crippen molar-refractivity contribution in [1.29, 1.82) is 0 Å². The van der Waals surface area contributed by atoms with E-state index >= 15 is 0 Å². The smallest absolute Gasteiger partial charge is 0.402 e. The van der Waals surface area contributed by atoms with E-state index in [1.54, 1.807) is 6.92 Å². The number of esters is 2. The van der Waals surface area contributed by atoms with Gasteiger partial charge in [0, 0.05) is 5.57 Å². The summed E-state index contributed by atoms with van der Waals surface area (Å²) in [6.45, 7) is 3.10. The van der Waals surface area contributed by atoms with Crippen LogP contribution in [0.2, 0.25) is 0 Å². The second kappa shape index (κ2) is 6.91. The van der Waals surface area contributed by atoms with Crippen molar-refractivity contribution in [3.8, 4) is 0 Å². The number of alkyl halides is 2. The maximum absolute atomic E-state index is 12.9. The van der Waals surface area contributed by atoms with Crippen LogP contribution in [0.15, 0.2) is 12.2 Å². The number of hydrogen-bond donors (Lipinski definition) is 1. The lowest BCUT2D eigenvalue weighted by Crippen LogP contribution is -2.35. The fourth-order valence-electron chi connectivity index (χ4n) is 2.11. The Morgan fingerprint density at radius 3 is 2.30 bits per heavy atom. The van der Waals surface area contributed by atoms with Crippen molar-refractivity contribution < 1.29 is 40.8 Å². The molecule has 1 fully saturated rings. The molecule has 0 radical (unpaired) electrons. The monoisotopic (exact) mass is 356 g/mol. The van der Waals surface area contributed by atoms with E-state index in [1.807, 2.05) is 0 Å². The highest BCUT2D eigenvalue weighted by Crippen LogP contribution is 2.33. The van der Waals surface area contributed by atoms with Crippen molar-refractivity contribution in [2.24, 2.45) is 0 Å². The molecule has 0 aliphatic heterocycles. The summed E-state index contributed by atoms with van der Waals surface area (Å²) in [7, 11) is -5.70. The van der Waals surface area contributed by atoms with Gasteiger partial charge in [0.2, 0.25) is 0 Å². The summed E-state index contributed by atoms with van der Waals surface area (Å²) in [5.41, 5.74) is -1.07. The van der Waals surface area contributed by atoms with Gasteiger partial charge in [0.25, 0.3) is 0 Å². The fourth-order valence-corrected chi connectivity index (χ4v) is 2.32. The molecule has 0 unspecified atom stereocenters. The summed E-state index contributed by atoms with van der Waals surface area (Å²) in [5.74, 6) is -2.13. The van der Waals surface area contributed by atoms with Crippen LogP contribution in [0.3, 0.4) is 0 Å². The maximum Gasteiger partial charge on any atom is 0.402 e. The predicted octanol–water partition coefficient (Wildman–Crippen LogP) is 1.83. The van der Waals surface area contributed by atoms with Crippen molar-refractivity contribution in [2.45, 2.75) is 49.9 Å². The van der Waals surface area contributed by atoms with Crippen LogP contribution in [-0.4, -0.2) is 42.4 Å². The number of rotatable bonds is 7. The number of ether oxygens (including phenoxy) is 2. The highest BCUT2D eigenvalue weighted by atomic mass is 32.2. The summed E-state index contributed by atoms with van der Waals surface area (Å²) >= 11 is 0. The average Bonchev–Trinajstić information content (AvgIpc) is 2.80. The third-order valence-electron chi connectivity index (χ3n) is 3.42. The van der Waals surface area contributed by atoms with Gasteiger partial charge in [-0.3, -0.25) is 9.35 Å². The summed E-state index contributed by atoms with van der Waals surface area (Å²) in [6.07, 6.45) is 2.65. The first-order valence-electron chi connectivity index (χ1n) is 6.78. The van der Waals surface area contributed by atoms with E-state index in [0.717, 1.165) is 12.8 Å². The molecule has 1 N–H and O–H groups in total. The molecule has 10 heteroatoms. The molecule has 23 heavy (non-hydrogen) atoms. The van der Waals surface area contributed by atoms with Crippen molar-refractivity contribution >= 4 is 22.1 Å². The zero-order chi connectivity index (χ0) is 17.9. The van der Waals surface area contributed by atoms with Gasteiger partial charge in [0.15, 0.2) is 6.61 Å². The molecule has 1 saturated carbocycles. The van der Waals surface area contributed by atoms with Crippen molar-refractivity contribution in [1.82, 2.24) is 0 Å². The number of halogens is 2. The van der Waals surface area contributed by atoms with E-state index in [2.05, 4.69) is 11.3 Å². The number of carbonyl (C=O) groups excluding carboxylic acids is 2. The number of carbonyl (C=O) groups is 2. The number of hydrogen-bond acceptors (Lipinski definition) is 6. The quantitative estimate of drug-likeness (QED) is 0.421. The zero-order valence-electron chi connectivity index (χ0n) is 12.5. The van der Waals surface area contributed by atoms with Crippen LogP contribution in [0.25, 0.3) is 0 Å². The van der Waals surface area contributed by atoms with Gasteiger partial charge in [-0.15, -0.1) is 0 Å². The van der Waals surface area contributed by atoms with E-state index in [-0.39, 0.29) is 0 Å². The van der Waals surface area contributed by atoms with Crippen molar-refractivity contribution in [3.63, 3.8) is 0 Å². The van der Waals surface area contributed by atoms with Gasteiger partial charge >= 0.3 is 27.3 Å². The second-order valence-corrected chi connectivity index (χ2v) is 7.15. The van der Waals surface area contributed by atoms with Gasteiger partial charge in [0.1, 0.15) is 5.60 Å². The Bertz CT molecular complexity index is 591. The Morgan fingerprint density at radius 2 is 1.83 bits per heavy atom. The standard InChI is InChI=1S/C13H18F2O7S/c1-9(7-10(16)22-12(2)5-3-4-6-12)11(17)21-8-13(14,15)23(18,19)20/h1,3-8H2,2H3,(H,18,19,20). The Labute approximate surface area is 132 Å². The molecule has 0 aromatic carbocycles. The summed E-state index contributed by atoms with van der Waals surface area (Å²) in [4.78, 5) is 23.1. The topological polar surface area (TPSA) is 107 Å². The Kier molecular flexibility index (Phi) is 5.86. The van der Waals surface area contributed by atoms with Gasteiger partial charge < -0.3 is 9.47 Å². The van der Waals surface area contributed by atoms with Crippen molar-refractivity contribution in [2.75, 3.05) is 6.61 Å². The fraction of sp³-hybridized carbons (Fsp3) is 0.692. The van der Waals surface area contributed by atoms with Crippen LogP contribution < -0.4 is 0 Å². The molecule has 0 aromatic rings. The maximum atomic E-state index is 12.9. The molecular formula is C13H18F2O7S. The van der Waals surface area contributed by atoms with E-state index in [0.29, 0.717) is 12.8 Å². The Morgan fingerprint density at radius 1 is 1.30 bits per heavy atom. The Balaban J connectivity index is 2.48. The van der Waals surface area contributed by atoms with Gasteiger partial charge in [-0.2, -0.15) is 17.2 Å². The Hall–Kier alpha value is -1.55. The van der Waals surface area contributed by atoms with E-state index in [1.165, 1.54) is 0 Å². The lowest BCUT2D eigenvalue weighted by Gasteiger charge is -2.24. The minimum atomic E-state index is -5.70. The minimum Gasteiger partial charge on any atom is -0.459 e. The molecule has 0 bridgehead atoms. The van der Waals surface area contributed by atoms with E-state index < -0.39 is 51.5 Å². The van der Waals surface area contributed by atoms with Crippen LogP contribution in [0, 0.1) is 0 Å². The molecule has 7 nitrogen and oxygen atoms in total. The first kappa shape index (κ1) is 19.5. The molecule has 0 aromatic heterocycles. The first-order chi connectivity index (χ1) is 10.4. The second-order valence-electron chi connectivity index (χ2n) is 5.60. The largest absolute Gasteiger partial charge is 0.459 e. The lowest BCUT2D eigenvalue weighted by atomic mass is 10.1. The van der Waals surface area contributed by atoms with Crippen LogP contribution in [0.1, 0.15) is 39.0 Å². The van der Waals surface area contributed by atoms with Gasteiger partial charge in [0.05, 0.1) is 6.42 Å². The highest BCUT2D eigenvalue weighted by molar-refractivity contribution is 7.86. The third-order valence-corrected chi connectivity index (χ3v) is 4.29.